The maximum absolute atomic E-state index is 12.3. The van der Waals surface area contributed by atoms with Crippen LogP contribution in [-0.4, -0.2) is 28.4 Å². The molecule has 0 aromatic heterocycles. The highest BCUT2D eigenvalue weighted by molar-refractivity contribution is 8.13. The Bertz CT molecular complexity index is 872. The first kappa shape index (κ1) is 23.3. The van der Waals surface area contributed by atoms with Crippen LogP contribution in [0, 0.1) is 6.92 Å². The van der Waals surface area contributed by atoms with E-state index < -0.39 is 0 Å². The molecule has 0 spiro atoms. The fourth-order valence-corrected chi connectivity index (χ4v) is 4.61. The molecule has 0 saturated heterocycles. The molecule has 0 radical (unpaired) electrons. The Morgan fingerprint density at radius 3 is 1.84 bits per heavy atom. The zero-order valence-corrected chi connectivity index (χ0v) is 19.1. The minimum Gasteiger partial charge on any atom is -0.287 e. The van der Waals surface area contributed by atoms with Crippen LogP contribution in [0.2, 0.25) is 0 Å². The van der Waals surface area contributed by atoms with Crippen molar-refractivity contribution in [2.75, 3.05) is 6.54 Å². The number of aryl methyl sites for hydroxylation is 1. The van der Waals surface area contributed by atoms with Crippen LogP contribution in [0.4, 0.5) is 0 Å². The smallest absolute Gasteiger partial charge is 0.261 e. The van der Waals surface area contributed by atoms with E-state index in [9.17, 15) is 14.4 Å². The number of amides is 2. The minimum atomic E-state index is -0.157. The van der Waals surface area contributed by atoms with Crippen LogP contribution in [0.5, 0.6) is 0 Å². The van der Waals surface area contributed by atoms with E-state index in [0.29, 0.717) is 24.1 Å². The number of carbonyl (C=O) groups is 3. The Morgan fingerprint density at radius 1 is 0.742 bits per heavy atom. The Kier molecular flexibility index (Phi) is 8.89. The molecule has 31 heavy (non-hydrogen) atoms. The van der Waals surface area contributed by atoms with Gasteiger partial charge in [0.1, 0.15) is 0 Å². The van der Waals surface area contributed by atoms with Crippen LogP contribution in [0.25, 0.3) is 0 Å². The van der Waals surface area contributed by atoms with Crippen molar-refractivity contribution in [2.24, 2.45) is 0 Å². The minimum absolute atomic E-state index is 0.157. The molecule has 1 aliphatic heterocycles. The molecule has 0 N–H and O–H groups in total. The zero-order valence-electron chi connectivity index (χ0n) is 18.3. The highest BCUT2D eigenvalue weighted by Crippen LogP contribution is 2.24. The molecule has 2 aromatic carbocycles. The maximum Gasteiger partial charge on any atom is 0.261 e. The number of hydrogen-bond donors (Lipinski definition) is 0. The van der Waals surface area contributed by atoms with Gasteiger partial charge in [0.15, 0.2) is 5.12 Å². The van der Waals surface area contributed by atoms with Crippen LogP contribution in [0.15, 0.2) is 53.4 Å². The van der Waals surface area contributed by atoms with E-state index in [0.717, 1.165) is 49.8 Å². The Hall–Kier alpha value is -2.40. The van der Waals surface area contributed by atoms with E-state index in [1.807, 2.05) is 31.2 Å². The second-order valence-electron chi connectivity index (χ2n) is 8.17. The number of unbranched alkanes of at least 4 members (excludes halogenated alkanes) is 7. The number of carbonyl (C=O) groups excluding carboxylic acids is 3. The highest BCUT2D eigenvalue weighted by atomic mass is 32.2. The fraction of sp³-hybridized carbons (Fsp3) is 0.423. The number of rotatable bonds is 12. The van der Waals surface area contributed by atoms with Gasteiger partial charge < -0.3 is 0 Å². The fourth-order valence-electron chi connectivity index (χ4n) is 3.83. The summed E-state index contributed by atoms with van der Waals surface area (Å²) in [5.41, 5.74) is 2.27. The Morgan fingerprint density at radius 2 is 1.26 bits per heavy atom. The Balaban J connectivity index is 1.18. The van der Waals surface area contributed by atoms with Crippen LogP contribution >= 0.6 is 11.8 Å². The molecule has 0 bridgehead atoms. The van der Waals surface area contributed by atoms with E-state index in [1.165, 1.54) is 28.6 Å². The summed E-state index contributed by atoms with van der Waals surface area (Å²) in [6, 6.07) is 15.1. The SMILES string of the molecule is Cc1ccc(SC(=O)CCCCCCCCCCN2C(=O)c3ccccc3C2=O)cc1. The topological polar surface area (TPSA) is 54.5 Å². The molecule has 2 aromatic rings. The zero-order chi connectivity index (χ0) is 22.1. The normalized spacial score (nSPS) is 13.0. The largest absolute Gasteiger partial charge is 0.287 e. The summed E-state index contributed by atoms with van der Waals surface area (Å²) in [6.45, 7) is 2.55. The van der Waals surface area contributed by atoms with Gasteiger partial charge in [0.2, 0.25) is 0 Å². The van der Waals surface area contributed by atoms with E-state index in [1.54, 1.807) is 24.3 Å². The van der Waals surface area contributed by atoms with Gasteiger partial charge in [-0.1, -0.05) is 80.1 Å². The van der Waals surface area contributed by atoms with Gasteiger partial charge in [0.25, 0.3) is 11.8 Å². The average Bonchev–Trinajstić information content (AvgIpc) is 3.01. The molecule has 164 valence electrons. The first-order valence-corrected chi connectivity index (χ1v) is 12.1. The summed E-state index contributed by atoms with van der Waals surface area (Å²) in [5.74, 6) is -0.314. The van der Waals surface area contributed by atoms with Crippen LogP contribution in [-0.2, 0) is 4.79 Å². The molecule has 1 heterocycles. The van der Waals surface area contributed by atoms with Gasteiger partial charge in [0, 0.05) is 17.9 Å². The second-order valence-corrected chi connectivity index (χ2v) is 9.30. The lowest BCUT2D eigenvalue weighted by Crippen LogP contribution is -2.30. The molecular weight excluding hydrogens is 406 g/mol. The molecular formula is C26H31NO3S. The van der Waals surface area contributed by atoms with Crippen molar-refractivity contribution in [1.29, 1.82) is 0 Å². The highest BCUT2D eigenvalue weighted by Gasteiger charge is 2.34. The van der Waals surface area contributed by atoms with Crippen molar-refractivity contribution < 1.29 is 14.4 Å². The molecule has 0 fully saturated rings. The van der Waals surface area contributed by atoms with Crippen molar-refractivity contribution >= 4 is 28.7 Å². The van der Waals surface area contributed by atoms with E-state index >= 15 is 0 Å². The lowest BCUT2D eigenvalue weighted by molar-refractivity contribution is -0.111. The number of nitrogens with zero attached hydrogens (tertiary/aromatic N) is 1. The molecule has 0 unspecified atom stereocenters. The summed E-state index contributed by atoms with van der Waals surface area (Å²) in [7, 11) is 0. The van der Waals surface area contributed by atoms with E-state index in [4.69, 9.17) is 0 Å². The summed E-state index contributed by atoms with van der Waals surface area (Å²) in [6.07, 6.45) is 9.17. The molecule has 0 saturated carbocycles. The van der Waals surface area contributed by atoms with Crippen molar-refractivity contribution in [2.45, 2.75) is 69.6 Å². The second kappa shape index (κ2) is 11.8. The predicted octanol–water partition coefficient (Wildman–Crippen LogP) is 6.42. The van der Waals surface area contributed by atoms with Crippen LogP contribution < -0.4 is 0 Å². The number of hydrogen-bond acceptors (Lipinski definition) is 4. The van der Waals surface area contributed by atoms with Gasteiger partial charge >= 0.3 is 0 Å². The van der Waals surface area contributed by atoms with E-state index in [2.05, 4.69) is 0 Å². The first-order chi connectivity index (χ1) is 15.1. The van der Waals surface area contributed by atoms with Crippen molar-refractivity contribution in [3.8, 4) is 0 Å². The summed E-state index contributed by atoms with van der Waals surface area (Å²) >= 11 is 1.35. The average molecular weight is 438 g/mol. The summed E-state index contributed by atoms with van der Waals surface area (Å²) in [4.78, 5) is 39.1. The van der Waals surface area contributed by atoms with Gasteiger partial charge in [-0.15, -0.1) is 0 Å². The summed E-state index contributed by atoms with van der Waals surface area (Å²) < 4.78 is 0. The number of thioether (sulfide) groups is 1. The third kappa shape index (κ3) is 6.79. The number of benzene rings is 2. The van der Waals surface area contributed by atoms with Gasteiger partial charge in [-0.25, -0.2) is 0 Å². The lowest BCUT2D eigenvalue weighted by atomic mass is 10.1. The molecule has 5 heteroatoms. The van der Waals surface area contributed by atoms with E-state index in [-0.39, 0.29) is 16.9 Å². The molecule has 2 amide bonds. The van der Waals surface area contributed by atoms with Gasteiger partial charge in [-0.2, -0.15) is 0 Å². The molecule has 0 atom stereocenters. The Labute approximate surface area is 189 Å². The molecule has 3 rings (SSSR count). The van der Waals surface area contributed by atoms with Crippen LogP contribution in [0.1, 0.15) is 84.1 Å². The first-order valence-electron chi connectivity index (χ1n) is 11.3. The third-order valence-corrected chi connectivity index (χ3v) is 6.58. The lowest BCUT2D eigenvalue weighted by Gasteiger charge is -2.13. The number of imide groups is 1. The van der Waals surface area contributed by atoms with Gasteiger partial charge in [0.05, 0.1) is 11.1 Å². The van der Waals surface area contributed by atoms with Crippen molar-refractivity contribution in [1.82, 2.24) is 4.90 Å². The third-order valence-electron chi connectivity index (χ3n) is 5.64. The van der Waals surface area contributed by atoms with Crippen molar-refractivity contribution in [3.63, 3.8) is 0 Å². The van der Waals surface area contributed by atoms with Gasteiger partial charge in [-0.05, 0) is 44.0 Å². The predicted molar refractivity (Wildman–Crippen MR) is 125 cm³/mol. The van der Waals surface area contributed by atoms with Crippen LogP contribution in [0.3, 0.4) is 0 Å². The van der Waals surface area contributed by atoms with Crippen molar-refractivity contribution in [3.05, 3.63) is 65.2 Å². The quantitative estimate of drug-likeness (QED) is 0.218. The molecule has 4 nitrogen and oxygen atoms in total. The maximum atomic E-state index is 12.3. The monoisotopic (exact) mass is 437 g/mol. The molecule has 0 aliphatic carbocycles. The van der Waals surface area contributed by atoms with Gasteiger partial charge in [-0.3, -0.25) is 19.3 Å². The standard InChI is InChI=1S/C26H31NO3S/c1-20-15-17-21(18-16-20)31-24(28)14-8-6-4-2-3-5-7-11-19-27-25(29)22-12-9-10-13-23(22)26(27)30/h9-10,12-13,15-18H,2-8,11,14,19H2,1H3. The number of fused-ring (bicyclic) bond motifs is 1. The summed E-state index contributed by atoms with van der Waals surface area (Å²) in [5, 5.41) is 0.247. The molecule has 1 aliphatic rings.